The van der Waals surface area contributed by atoms with E-state index < -0.39 is 0 Å². The topological polar surface area (TPSA) is 32.3 Å². The molecule has 12 heavy (non-hydrogen) atoms. The summed E-state index contributed by atoms with van der Waals surface area (Å²) in [5.41, 5.74) is 0. The van der Waals surface area contributed by atoms with Gasteiger partial charge in [-0.3, -0.25) is 0 Å². The lowest BCUT2D eigenvalue weighted by atomic mass is 9.91. The second kappa shape index (κ2) is 4.24. The summed E-state index contributed by atoms with van der Waals surface area (Å²) in [5.74, 6) is 0.368. The lowest BCUT2D eigenvalue weighted by Crippen LogP contribution is -2.49. The van der Waals surface area contributed by atoms with Crippen molar-refractivity contribution < 1.29 is 5.11 Å². The molecule has 0 saturated carbocycles. The smallest absolute Gasteiger partial charge is 0.0716 e. The SMILES string of the molecule is CC(C)[C@H](O)[C@@H]1CCC[C@H](C)N1. The van der Waals surface area contributed by atoms with Gasteiger partial charge in [0.1, 0.15) is 0 Å². The number of piperidine rings is 1. The van der Waals surface area contributed by atoms with E-state index in [0.717, 1.165) is 6.42 Å². The van der Waals surface area contributed by atoms with Crippen molar-refractivity contribution in [3.8, 4) is 0 Å². The zero-order valence-corrected chi connectivity index (χ0v) is 8.38. The quantitative estimate of drug-likeness (QED) is 0.660. The Labute approximate surface area is 75.4 Å². The molecule has 0 amide bonds. The second-order valence-corrected chi connectivity index (χ2v) is 4.34. The van der Waals surface area contributed by atoms with Crippen molar-refractivity contribution in [1.82, 2.24) is 5.32 Å². The fraction of sp³-hybridized carbons (Fsp3) is 1.00. The van der Waals surface area contributed by atoms with Crippen LogP contribution >= 0.6 is 0 Å². The third-order valence-corrected chi connectivity index (χ3v) is 2.75. The maximum absolute atomic E-state index is 9.81. The molecule has 0 aromatic rings. The third-order valence-electron chi connectivity index (χ3n) is 2.75. The molecule has 72 valence electrons. The Morgan fingerprint density at radius 1 is 1.33 bits per heavy atom. The van der Waals surface area contributed by atoms with Gasteiger partial charge in [0.25, 0.3) is 0 Å². The minimum Gasteiger partial charge on any atom is -0.391 e. The highest BCUT2D eigenvalue weighted by Crippen LogP contribution is 2.18. The highest BCUT2D eigenvalue weighted by molar-refractivity contribution is 4.84. The average molecular weight is 171 g/mol. The van der Waals surface area contributed by atoms with Crippen LogP contribution in [0.5, 0.6) is 0 Å². The maximum Gasteiger partial charge on any atom is 0.0716 e. The van der Waals surface area contributed by atoms with Crippen LogP contribution in [-0.4, -0.2) is 23.3 Å². The van der Waals surface area contributed by atoms with E-state index in [0.29, 0.717) is 18.0 Å². The van der Waals surface area contributed by atoms with Gasteiger partial charge < -0.3 is 10.4 Å². The number of nitrogens with one attached hydrogen (secondary N) is 1. The standard InChI is InChI=1S/C10H21NO/c1-7(2)10(12)9-6-4-5-8(3)11-9/h7-12H,4-6H2,1-3H3/t8-,9-,10-/m0/s1. The number of aliphatic hydroxyl groups is 1. The fourth-order valence-electron chi connectivity index (χ4n) is 1.91. The normalized spacial score (nSPS) is 33.8. The first kappa shape index (κ1) is 10.0. The van der Waals surface area contributed by atoms with Crippen LogP contribution in [0.4, 0.5) is 0 Å². The van der Waals surface area contributed by atoms with E-state index >= 15 is 0 Å². The van der Waals surface area contributed by atoms with Gasteiger partial charge in [0, 0.05) is 12.1 Å². The van der Waals surface area contributed by atoms with Crippen molar-refractivity contribution in [2.45, 2.75) is 58.2 Å². The van der Waals surface area contributed by atoms with Crippen molar-refractivity contribution >= 4 is 0 Å². The molecule has 1 aliphatic rings. The minimum atomic E-state index is -0.173. The van der Waals surface area contributed by atoms with Crippen LogP contribution < -0.4 is 5.32 Å². The number of aliphatic hydroxyl groups excluding tert-OH is 1. The van der Waals surface area contributed by atoms with Gasteiger partial charge >= 0.3 is 0 Å². The molecule has 3 atom stereocenters. The summed E-state index contributed by atoms with van der Waals surface area (Å²) in [4.78, 5) is 0. The van der Waals surface area contributed by atoms with Gasteiger partial charge in [-0.2, -0.15) is 0 Å². The highest BCUT2D eigenvalue weighted by Gasteiger charge is 2.25. The van der Waals surface area contributed by atoms with E-state index in [4.69, 9.17) is 0 Å². The van der Waals surface area contributed by atoms with E-state index in [-0.39, 0.29) is 6.10 Å². The summed E-state index contributed by atoms with van der Waals surface area (Å²) in [5, 5.41) is 13.3. The van der Waals surface area contributed by atoms with Gasteiger partial charge in [0.15, 0.2) is 0 Å². The molecule has 1 rings (SSSR count). The summed E-state index contributed by atoms with van der Waals surface area (Å²) in [6, 6.07) is 0.908. The van der Waals surface area contributed by atoms with Crippen molar-refractivity contribution in [3.05, 3.63) is 0 Å². The molecule has 0 radical (unpaired) electrons. The van der Waals surface area contributed by atoms with Crippen molar-refractivity contribution in [2.24, 2.45) is 5.92 Å². The molecule has 0 bridgehead atoms. The summed E-state index contributed by atoms with van der Waals surface area (Å²) in [7, 11) is 0. The molecule has 1 heterocycles. The Balaban J connectivity index is 2.40. The molecule has 2 heteroatoms. The molecule has 1 fully saturated rings. The third kappa shape index (κ3) is 2.46. The van der Waals surface area contributed by atoms with E-state index in [1.807, 2.05) is 0 Å². The van der Waals surface area contributed by atoms with Gasteiger partial charge in [-0.1, -0.05) is 20.3 Å². The lowest BCUT2D eigenvalue weighted by Gasteiger charge is -2.33. The molecule has 0 aromatic carbocycles. The predicted molar refractivity (Wildman–Crippen MR) is 51.1 cm³/mol. The van der Waals surface area contributed by atoms with E-state index in [1.165, 1.54) is 12.8 Å². The molecular formula is C10H21NO. The monoisotopic (exact) mass is 171 g/mol. The van der Waals surface area contributed by atoms with E-state index in [1.54, 1.807) is 0 Å². The van der Waals surface area contributed by atoms with E-state index in [9.17, 15) is 5.11 Å². The number of rotatable bonds is 2. The van der Waals surface area contributed by atoms with Crippen molar-refractivity contribution in [3.63, 3.8) is 0 Å². The van der Waals surface area contributed by atoms with Crippen molar-refractivity contribution in [1.29, 1.82) is 0 Å². The summed E-state index contributed by atoms with van der Waals surface area (Å²) in [6.45, 7) is 6.34. The maximum atomic E-state index is 9.81. The largest absolute Gasteiger partial charge is 0.391 e. The Kier molecular flexibility index (Phi) is 3.53. The first-order chi connectivity index (χ1) is 5.61. The summed E-state index contributed by atoms with van der Waals surface area (Å²) in [6.07, 6.45) is 3.46. The predicted octanol–water partition coefficient (Wildman–Crippen LogP) is 1.53. The molecule has 2 N–H and O–H groups in total. The molecule has 1 saturated heterocycles. The first-order valence-corrected chi connectivity index (χ1v) is 5.05. The zero-order valence-electron chi connectivity index (χ0n) is 8.38. The van der Waals surface area contributed by atoms with Crippen molar-refractivity contribution in [2.75, 3.05) is 0 Å². The fourth-order valence-corrected chi connectivity index (χ4v) is 1.91. The van der Waals surface area contributed by atoms with Crippen LogP contribution in [0.15, 0.2) is 0 Å². The number of hydrogen-bond acceptors (Lipinski definition) is 2. The molecule has 0 unspecified atom stereocenters. The average Bonchev–Trinajstić information content (AvgIpc) is 2.03. The molecule has 2 nitrogen and oxygen atoms in total. The van der Waals surface area contributed by atoms with Crippen LogP contribution in [0.2, 0.25) is 0 Å². The van der Waals surface area contributed by atoms with Gasteiger partial charge in [0.2, 0.25) is 0 Å². The van der Waals surface area contributed by atoms with Gasteiger partial charge in [-0.05, 0) is 25.7 Å². The van der Waals surface area contributed by atoms with Crippen LogP contribution in [0.3, 0.4) is 0 Å². The van der Waals surface area contributed by atoms with E-state index in [2.05, 4.69) is 26.1 Å². The molecule has 0 aliphatic carbocycles. The van der Waals surface area contributed by atoms with Crippen LogP contribution in [0.1, 0.15) is 40.0 Å². The minimum absolute atomic E-state index is 0.173. The summed E-state index contributed by atoms with van der Waals surface area (Å²) < 4.78 is 0. The Bertz CT molecular complexity index is 136. The van der Waals surface area contributed by atoms with Gasteiger partial charge in [0.05, 0.1) is 6.10 Å². The zero-order chi connectivity index (χ0) is 9.14. The molecule has 0 spiro atoms. The number of hydrogen-bond donors (Lipinski definition) is 2. The lowest BCUT2D eigenvalue weighted by molar-refractivity contribution is 0.0647. The molecular weight excluding hydrogens is 150 g/mol. The second-order valence-electron chi connectivity index (χ2n) is 4.34. The van der Waals surface area contributed by atoms with Gasteiger partial charge in [-0.15, -0.1) is 0 Å². The van der Waals surface area contributed by atoms with Crippen LogP contribution in [0.25, 0.3) is 0 Å². The van der Waals surface area contributed by atoms with Crippen LogP contribution in [-0.2, 0) is 0 Å². The first-order valence-electron chi connectivity index (χ1n) is 5.05. The Morgan fingerprint density at radius 2 is 2.00 bits per heavy atom. The summed E-state index contributed by atoms with van der Waals surface area (Å²) >= 11 is 0. The molecule has 0 aromatic heterocycles. The van der Waals surface area contributed by atoms with Gasteiger partial charge in [-0.25, -0.2) is 0 Å². The highest BCUT2D eigenvalue weighted by atomic mass is 16.3. The Hall–Kier alpha value is -0.0800. The molecule has 1 aliphatic heterocycles. The Morgan fingerprint density at radius 3 is 2.50 bits per heavy atom. The van der Waals surface area contributed by atoms with Crippen LogP contribution in [0, 0.1) is 5.92 Å².